The predicted octanol–water partition coefficient (Wildman–Crippen LogP) is 3.76. The maximum Gasteiger partial charge on any atom is 0.411 e. The number of carbonyl (C=O) groups excluding carboxylic acids is 3. The molecule has 0 bridgehead atoms. The predicted molar refractivity (Wildman–Crippen MR) is 151 cm³/mol. The minimum atomic E-state index is -0.875. The number of nitrogens with one attached hydrogen (secondary N) is 2. The van der Waals surface area contributed by atoms with Crippen LogP contribution in [0.25, 0.3) is 0 Å². The van der Waals surface area contributed by atoms with Gasteiger partial charge >= 0.3 is 6.09 Å². The van der Waals surface area contributed by atoms with Crippen LogP contribution in [0.3, 0.4) is 0 Å². The summed E-state index contributed by atoms with van der Waals surface area (Å²) in [5, 5.41) is 5.93. The molecule has 0 aliphatic carbocycles. The molecule has 0 spiro atoms. The van der Waals surface area contributed by atoms with Crippen LogP contribution < -0.4 is 10.6 Å². The van der Waals surface area contributed by atoms with Crippen LogP contribution in [0.1, 0.15) is 33.2 Å². The van der Waals surface area contributed by atoms with E-state index in [1.54, 1.807) is 30.3 Å². The minimum Gasteiger partial charge on any atom is -0.438 e. The van der Waals surface area contributed by atoms with Crippen molar-refractivity contribution in [1.82, 2.24) is 15.1 Å². The molecule has 5 rings (SSSR count). The summed E-state index contributed by atoms with van der Waals surface area (Å²) in [5.74, 6) is -0.526. The van der Waals surface area contributed by atoms with E-state index >= 15 is 0 Å². The third-order valence-corrected chi connectivity index (χ3v) is 7.13. The maximum atomic E-state index is 13.6. The number of benzene rings is 3. The molecule has 0 aromatic heterocycles. The second-order valence-electron chi connectivity index (χ2n) is 10.1. The Kier molecular flexibility index (Phi) is 8.73. The Morgan fingerprint density at radius 2 is 1.73 bits per heavy atom. The number of hydrogen-bond acceptors (Lipinski definition) is 6. The number of cyclic esters (lactones) is 1. The number of ether oxygens (including phenoxy) is 2. The molecule has 9 nitrogen and oxygen atoms in total. The quantitative estimate of drug-likeness (QED) is 0.427. The van der Waals surface area contributed by atoms with Gasteiger partial charge in [-0.3, -0.25) is 19.4 Å². The molecule has 3 amide bonds. The molecular weight excluding hydrogens is 508 g/mol. The van der Waals surface area contributed by atoms with Crippen molar-refractivity contribution in [2.45, 2.75) is 25.6 Å². The zero-order valence-electron chi connectivity index (χ0n) is 22.5. The molecule has 3 aromatic rings. The number of morpholine rings is 1. The van der Waals surface area contributed by atoms with E-state index in [0.717, 1.165) is 24.2 Å². The number of amides is 3. The lowest BCUT2D eigenvalue weighted by Crippen LogP contribution is -2.48. The van der Waals surface area contributed by atoms with Gasteiger partial charge in [-0.1, -0.05) is 60.2 Å². The summed E-state index contributed by atoms with van der Waals surface area (Å²) < 4.78 is 11.2. The van der Waals surface area contributed by atoms with Crippen LogP contribution >= 0.6 is 0 Å². The van der Waals surface area contributed by atoms with Crippen LogP contribution in [0.15, 0.2) is 78.9 Å². The standard InChI is InChI=1S/C31H34N4O5/c1-22-7-5-11-25(19-22)29(36)33-26-12-6-10-24(20-26)28-27(30(37)32-13-14-34-15-17-39-18-16-34)35(31(38)40-28)21-23-8-3-2-4-9-23/h2-12,19-20,27-28H,13-18,21H2,1H3,(H,32,37)(H,33,36). The maximum absolute atomic E-state index is 13.6. The molecule has 40 heavy (non-hydrogen) atoms. The Balaban J connectivity index is 1.35. The first-order chi connectivity index (χ1) is 19.5. The highest BCUT2D eigenvalue weighted by Crippen LogP contribution is 2.35. The van der Waals surface area contributed by atoms with E-state index in [2.05, 4.69) is 15.5 Å². The Morgan fingerprint density at radius 1 is 0.950 bits per heavy atom. The van der Waals surface area contributed by atoms with Crippen LogP contribution in [0.5, 0.6) is 0 Å². The molecule has 0 radical (unpaired) electrons. The van der Waals surface area contributed by atoms with Crippen molar-refractivity contribution in [3.05, 3.63) is 101 Å². The lowest BCUT2D eigenvalue weighted by Gasteiger charge is -2.28. The van der Waals surface area contributed by atoms with Gasteiger partial charge < -0.3 is 20.1 Å². The van der Waals surface area contributed by atoms with E-state index in [4.69, 9.17) is 9.47 Å². The van der Waals surface area contributed by atoms with Crippen molar-refractivity contribution >= 4 is 23.6 Å². The molecule has 2 unspecified atom stereocenters. The van der Waals surface area contributed by atoms with Crippen molar-refractivity contribution in [1.29, 1.82) is 0 Å². The van der Waals surface area contributed by atoms with Crippen molar-refractivity contribution in [2.24, 2.45) is 0 Å². The molecule has 2 atom stereocenters. The summed E-state index contributed by atoms with van der Waals surface area (Å²) in [4.78, 5) is 43.3. The van der Waals surface area contributed by atoms with Gasteiger partial charge in [0.1, 0.15) is 0 Å². The molecule has 208 valence electrons. The van der Waals surface area contributed by atoms with Gasteiger partial charge in [-0.2, -0.15) is 0 Å². The van der Waals surface area contributed by atoms with Crippen LogP contribution in [0.2, 0.25) is 0 Å². The van der Waals surface area contributed by atoms with Crippen LogP contribution in [-0.4, -0.2) is 73.1 Å². The van der Waals surface area contributed by atoms with Gasteiger partial charge in [0, 0.05) is 37.4 Å². The molecule has 3 aromatic carbocycles. The smallest absolute Gasteiger partial charge is 0.411 e. The number of hydrogen-bond donors (Lipinski definition) is 2. The molecule has 2 aliphatic rings. The van der Waals surface area contributed by atoms with E-state index in [9.17, 15) is 14.4 Å². The van der Waals surface area contributed by atoms with Gasteiger partial charge in [0.2, 0.25) is 5.91 Å². The molecule has 9 heteroatoms. The third kappa shape index (κ3) is 6.67. The van der Waals surface area contributed by atoms with Crippen molar-refractivity contribution < 1.29 is 23.9 Å². The van der Waals surface area contributed by atoms with E-state index in [1.807, 2.05) is 55.5 Å². The Labute approximate surface area is 234 Å². The Morgan fingerprint density at radius 3 is 2.50 bits per heavy atom. The van der Waals surface area contributed by atoms with E-state index in [-0.39, 0.29) is 18.4 Å². The molecule has 2 N–H and O–H groups in total. The zero-order chi connectivity index (χ0) is 27.9. The second kappa shape index (κ2) is 12.8. The molecule has 0 saturated carbocycles. The van der Waals surface area contributed by atoms with Gasteiger partial charge in [0.15, 0.2) is 12.1 Å². The summed E-state index contributed by atoms with van der Waals surface area (Å²) in [6.07, 6.45) is -1.40. The van der Waals surface area contributed by atoms with Crippen molar-refractivity contribution in [3.8, 4) is 0 Å². The molecule has 2 saturated heterocycles. The van der Waals surface area contributed by atoms with Gasteiger partial charge in [0.25, 0.3) is 5.91 Å². The highest BCUT2D eigenvalue weighted by atomic mass is 16.6. The van der Waals surface area contributed by atoms with Gasteiger partial charge in [-0.05, 0) is 42.3 Å². The van der Waals surface area contributed by atoms with Gasteiger partial charge in [-0.15, -0.1) is 0 Å². The number of anilines is 1. The first-order valence-corrected chi connectivity index (χ1v) is 13.5. The number of nitrogens with zero attached hydrogens (tertiary/aromatic N) is 2. The van der Waals surface area contributed by atoms with Gasteiger partial charge in [0.05, 0.1) is 19.8 Å². The minimum absolute atomic E-state index is 0.238. The first kappa shape index (κ1) is 27.4. The number of carbonyl (C=O) groups is 3. The normalized spacial score (nSPS) is 19.2. The lowest BCUT2D eigenvalue weighted by molar-refractivity contribution is -0.126. The van der Waals surface area contributed by atoms with Crippen molar-refractivity contribution in [3.63, 3.8) is 0 Å². The summed E-state index contributed by atoms with van der Waals surface area (Å²) >= 11 is 0. The highest BCUT2D eigenvalue weighted by molar-refractivity contribution is 6.04. The lowest BCUT2D eigenvalue weighted by atomic mass is 10.00. The summed E-state index contributed by atoms with van der Waals surface area (Å²) in [5.41, 5.74) is 3.60. The second-order valence-corrected chi connectivity index (χ2v) is 10.1. The van der Waals surface area contributed by atoms with Crippen molar-refractivity contribution in [2.75, 3.05) is 44.7 Å². The molecular formula is C31H34N4O5. The average Bonchev–Trinajstić information content (AvgIpc) is 3.30. The fourth-order valence-corrected chi connectivity index (χ4v) is 5.04. The van der Waals surface area contributed by atoms with Crippen LogP contribution in [0.4, 0.5) is 10.5 Å². The van der Waals surface area contributed by atoms with Crippen LogP contribution in [0, 0.1) is 6.92 Å². The fraction of sp³-hybridized carbons (Fsp3) is 0.323. The zero-order valence-corrected chi connectivity index (χ0v) is 22.5. The number of rotatable bonds is 9. The molecule has 2 heterocycles. The number of aryl methyl sites for hydroxylation is 1. The third-order valence-electron chi connectivity index (χ3n) is 7.13. The summed E-state index contributed by atoms with van der Waals surface area (Å²) in [7, 11) is 0. The monoisotopic (exact) mass is 542 g/mol. The van der Waals surface area contributed by atoms with Gasteiger partial charge in [-0.25, -0.2) is 4.79 Å². The van der Waals surface area contributed by atoms with E-state index < -0.39 is 18.2 Å². The Bertz CT molecular complexity index is 1340. The molecule has 2 aliphatic heterocycles. The highest BCUT2D eigenvalue weighted by Gasteiger charge is 2.47. The van der Waals surface area contributed by atoms with E-state index in [0.29, 0.717) is 43.1 Å². The average molecular weight is 543 g/mol. The first-order valence-electron chi connectivity index (χ1n) is 13.5. The summed E-state index contributed by atoms with van der Waals surface area (Å²) in [6.45, 7) is 6.32. The Hall–Kier alpha value is -4.21. The molecule has 2 fully saturated rings. The largest absolute Gasteiger partial charge is 0.438 e. The van der Waals surface area contributed by atoms with E-state index in [1.165, 1.54) is 4.90 Å². The topological polar surface area (TPSA) is 100 Å². The fourth-order valence-electron chi connectivity index (χ4n) is 5.04. The van der Waals surface area contributed by atoms with Crippen LogP contribution in [-0.2, 0) is 20.8 Å². The SMILES string of the molecule is Cc1cccc(C(=O)Nc2cccc(C3OC(=O)N(Cc4ccccc4)C3C(=O)NCCN3CCOCC3)c2)c1. The summed E-state index contributed by atoms with van der Waals surface area (Å²) in [6, 6.07) is 23.1.